The minimum absolute atomic E-state index is 0.321. The molecule has 0 aromatic carbocycles. The number of nitrogens with zero attached hydrogens (tertiary/aromatic N) is 4. The fourth-order valence-electron chi connectivity index (χ4n) is 3.02. The van der Waals surface area contributed by atoms with Gasteiger partial charge in [-0.15, -0.1) is 0 Å². The first-order valence-corrected chi connectivity index (χ1v) is 7.80. The fourth-order valence-corrected chi connectivity index (χ4v) is 3.02. The summed E-state index contributed by atoms with van der Waals surface area (Å²) in [6, 6.07) is 2.35. The highest BCUT2D eigenvalue weighted by atomic mass is 15.3. The summed E-state index contributed by atoms with van der Waals surface area (Å²) < 4.78 is 2.02. The lowest BCUT2D eigenvalue weighted by Crippen LogP contribution is -2.31. The standard InChI is InChI=1S/C16H23N5/c1-12(2)21-15(5-7-20-21)16-14(18-8-9-19-16)10-13-4-3-6-17-11-13/h5,7-9,12-13,17H,3-4,6,10-11H2,1-2H3/t13-/m1/s1. The molecule has 21 heavy (non-hydrogen) atoms. The zero-order valence-electron chi connectivity index (χ0n) is 12.8. The zero-order valence-corrected chi connectivity index (χ0v) is 12.8. The largest absolute Gasteiger partial charge is 0.316 e. The van der Waals surface area contributed by atoms with Gasteiger partial charge >= 0.3 is 0 Å². The van der Waals surface area contributed by atoms with Gasteiger partial charge in [0.05, 0.1) is 11.4 Å². The van der Waals surface area contributed by atoms with Gasteiger partial charge < -0.3 is 5.32 Å². The van der Waals surface area contributed by atoms with Gasteiger partial charge in [-0.3, -0.25) is 14.6 Å². The van der Waals surface area contributed by atoms with Gasteiger partial charge in [0.1, 0.15) is 5.69 Å². The van der Waals surface area contributed by atoms with Gasteiger partial charge in [0.15, 0.2) is 0 Å². The van der Waals surface area contributed by atoms with Crippen molar-refractivity contribution in [3.05, 3.63) is 30.4 Å². The maximum absolute atomic E-state index is 4.60. The van der Waals surface area contributed by atoms with E-state index in [0.29, 0.717) is 12.0 Å². The monoisotopic (exact) mass is 285 g/mol. The third-order valence-electron chi connectivity index (χ3n) is 4.06. The molecule has 0 unspecified atom stereocenters. The van der Waals surface area contributed by atoms with Gasteiger partial charge in [-0.2, -0.15) is 5.10 Å². The van der Waals surface area contributed by atoms with Gasteiger partial charge in [-0.05, 0) is 58.2 Å². The smallest absolute Gasteiger partial charge is 0.110 e. The third-order valence-corrected chi connectivity index (χ3v) is 4.06. The van der Waals surface area contributed by atoms with Gasteiger partial charge in [0.2, 0.25) is 0 Å². The van der Waals surface area contributed by atoms with Crippen LogP contribution >= 0.6 is 0 Å². The SMILES string of the molecule is CC(C)n1nccc1-c1nccnc1C[C@H]1CCCNC1. The van der Waals surface area contributed by atoms with E-state index in [9.17, 15) is 0 Å². The van der Waals surface area contributed by atoms with Gasteiger partial charge in [-0.1, -0.05) is 0 Å². The Bertz CT molecular complexity index is 584. The first-order valence-electron chi connectivity index (χ1n) is 7.80. The van der Waals surface area contributed by atoms with Crippen LogP contribution in [0.4, 0.5) is 0 Å². The topological polar surface area (TPSA) is 55.6 Å². The molecule has 0 bridgehead atoms. The summed E-state index contributed by atoms with van der Waals surface area (Å²) in [6.45, 7) is 6.50. The molecule has 0 saturated carbocycles. The molecule has 112 valence electrons. The van der Waals surface area contributed by atoms with Gasteiger partial charge in [0, 0.05) is 24.6 Å². The van der Waals surface area contributed by atoms with Crippen LogP contribution in [0.2, 0.25) is 0 Å². The molecule has 1 saturated heterocycles. The third kappa shape index (κ3) is 3.13. The normalized spacial score (nSPS) is 19.1. The molecule has 0 spiro atoms. The van der Waals surface area contributed by atoms with E-state index in [2.05, 4.69) is 34.2 Å². The van der Waals surface area contributed by atoms with E-state index in [-0.39, 0.29) is 0 Å². The Morgan fingerprint density at radius 2 is 2.14 bits per heavy atom. The highest BCUT2D eigenvalue weighted by molar-refractivity contribution is 5.57. The Morgan fingerprint density at radius 1 is 1.29 bits per heavy atom. The number of rotatable bonds is 4. The quantitative estimate of drug-likeness (QED) is 0.937. The highest BCUT2D eigenvalue weighted by Gasteiger charge is 2.19. The molecule has 2 aromatic heterocycles. The van der Waals surface area contributed by atoms with E-state index < -0.39 is 0 Å². The number of hydrogen-bond acceptors (Lipinski definition) is 4. The van der Waals surface area contributed by atoms with Crippen LogP contribution < -0.4 is 5.32 Å². The number of piperidine rings is 1. The maximum Gasteiger partial charge on any atom is 0.110 e. The average Bonchev–Trinajstić information content (AvgIpc) is 2.98. The van der Waals surface area contributed by atoms with E-state index >= 15 is 0 Å². The number of aromatic nitrogens is 4. The van der Waals surface area contributed by atoms with E-state index in [1.165, 1.54) is 12.8 Å². The van der Waals surface area contributed by atoms with Gasteiger partial charge in [0.25, 0.3) is 0 Å². The molecule has 5 nitrogen and oxygen atoms in total. The van der Waals surface area contributed by atoms with Crippen molar-refractivity contribution in [2.24, 2.45) is 5.92 Å². The average molecular weight is 285 g/mol. The molecule has 3 rings (SSSR count). The van der Waals surface area contributed by atoms with Crippen molar-refractivity contribution in [1.29, 1.82) is 0 Å². The lowest BCUT2D eigenvalue weighted by molar-refractivity contribution is 0.373. The second-order valence-electron chi connectivity index (χ2n) is 6.02. The molecule has 1 N–H and O–H groups in total. The van der Waals surface area contributed by atoms with Gasteiger partial charge in [-0.25, -0.2) is 0 Å². The second-order valence-corrected chi connectivity index (χ2v) is 6.02. The number of nitrogens with one attached hydrogen (secondary N) is 1. The second kappa shape index (κ2) is 6.35. The molecule has 3 heterocycles. The maximum atomic E-state index is 4.60. The zero-order chi connectivity index (χ0) is 14.7. The Hall–Kier alpha value is -1.75. The Labute approximate surface area is 125 Å². The molecular formula is C16H23N5. The van der Waals surface area contributed by atoms with Crippen LogP contribution in [0.5, 0.6) is 0 Å². The lowest BCUT2D eigenvalue weighted by atomic mass is 9.93. The molecule has 0 amide bonds. The van der Waals surface area contributed by atoms with E-state index in [4.69, 9.17) is 0 Å². The predicted octanol–water partition coefficient (Wildman–Crippen LogP) is 2.46. The Morgan fingerprint density at radius 3 is 2.90 bits per heavy atom. The minimum atomic E-state index is 0.321. The summed E-state index contributed by atoms with van der Waals surface area (Å²) in [6.07, 6.45) is 8.92. The van der Waals surface area contributed by atoms with Crippen molar-refractivity contribution >= 4 is 0 Å². The summed E-state index contributed by atoms with van der Waals surface area (Å²) in [7, 11) is 0. The summed E-state index contributed by atoms with van der Waals surface area (Å²) in [4.78, 5) is 9.18. The van der Waals surface area contributed by atoms with Crippen molar-refractivity contribution in [2.45, 2.75) is 39.2 Å². The van der Waals surface area contributed by atoms with Crippen molar-refractivity contribution in [3.8, 4) is 11.4 Å². The Kier molecular flexibility index (Phi) is 4.29. The summed E-state index contributed by atoms with van der Waals surface area (Å²) >= 11 is 0. The molecule has 1 fully saturated rings. The molecule has 1 aliphatic heterocycles. The summed E-state index contributed by atoms with van der Waals surface area (Å²) in [5.41, 5.74) is 3.14. The first-order chi connectivity index (χ1) is 10.3. The van der Waals surface area contributed by atoms with Crippen LogP contribution in [0.25, 0.3) is 11.4 Å². The van der Waals surface area contributed by atoms with E-state index in [1.54, 1.807) is 12.4 Å². The molecule has 1 atom stereocenters. The van der Waals surface area contributed by atoms with Crippen LogP contribution in [0.15, 0.2) is 24.7 Å². The van der Waals surface area contributed by atoms with Crippen molar-refractivity contribution < 1.29 is 0 Å². The van der Waals surface area contributed by atoms with Crippen LogP contribution in [0.1, 0.15) is 38.4 Å². The minimum Gasteiger partial charge on any atom is -0.316 e. The van der Waals surface area contributed by atoms with Crippen LogP contribution in [0.3, 0.4) is 0 Å². The van der Waals surface area contributed by atoms with Crippen LogP contribution in [-0.2, 0) is 6.42 Å². The highest BCUT2D eigenvalue weighted by Crippen LogP contribution is 2.25. The molecule has 2 aromatic rings. The molecule has 0 radical (unpaired) electrons. The molecular weight excluding hydrogens is 262 g/mol. The fraction of sp³-hybridized carbons (Fsp3) is 0.562. The lowest BCUT2D eigenvalue weighted by Gasteiger charge is -2.23. The number of hydrogen-bond donors (Lipinski definition) is 1. The molecule has 5 heteroatoms. The summed E-state index contributed by atoms with van der Waals surface area (Å²) in [5.74, 6) is 0.657. The predicted molar refractivity (Wildman–Crippen MR) is 82.9 cm³/mol. The Balaban J connectivity index is 1.90. The van der Waals surface area contributed by atoms with Crippen LogP contribution in [0, 0.1) is 5.92 Å². The van der Waals surface area contributed by atoms with Crippen LogP contribution in [-0.4, -0.2) is 32.8 Å². The molecule has 0 aliphatic carbocycles. The molecule has 1 aliphatic rings. The van der Waals surface area contributed by atoms with E-state index in [1.807, 2.05) is 16.9 Å². The first kappa shape index (κ1) is 14.2. The van der Waals surface area contributed by atoms with Crippen molar-refractivity contribution in [1.82, 2.24) is 25.1 Å². The van der Waals surface area contributed by atoms with E-state index in [0.717, 1.165) is 36.6 Å². The summed E-state index contributed by atoms with van der Waals surface area (Å²) in [5, 5.41) is 7.89. The van der Waals surface area contributed by atoms with Crippen molar-refractivity contribution in [2.75, 3.05) is 13.1 Å². The van der Waals surface area contributed by atoms with Crippen molar-refractivity contribution in [3.63, 3.8) is 0 Å².